The number of nitrogens with one attached hydrogen (secondary N) is 1. The van der Waals surface area contributed by atoms with Gasteiger partial charge in [0.15, 0.2) is 0 Å². The first-order chi connectivity index (χ1) is 9.39. The Labute approximate surface area is 125 Å². The highest BCUT2D eigenvalue weighted by Crippen LogP contribution is 2.13. The fraction of sp³-hybridized carbons (Fsp3) is 0.917. The molecule has 0 aromatic rings. The van der Waals surface area contributed by atoms with E-state index in [9.17, 15) is 13.2 Å². The van der Waals surface area contributed by atoms with Crippen molar-refractivity contribution in [1.29, 1.82) is 0 Å². The third-order valence-corrected chi connectivity index (χ3v) is 5.58. The Morgan fingerprint density at radius 1 is 1.45 bits per heavy atom. The molecule has 3 N–H and O–H groups in total. The van der Waals surface area contributed by atoms with Gasteiger partial charge >= 0.3 is 0 Å². The van der Waals surface area contributed by atoms with Gasteiger partial charge in [-0.15, -0.1) is 0 Å². The number of sulfonamides is 1. The topological polar surface area (TPSA) is 92.5 Å². The molecule has 0 aromatic carbocycles. The van der Waals surface area contributed by atoms with Gasteiger partial charge in [-0.05, 0) is 38.2 Å². The second-order valence-electron chi connectivity index (χ2n) is 5.01. The van der Waals surface area contributed by atoms with Crippen molar-refractivity contribution in [2.24, 2.45) is 5.73 Å². The summed E-state index contributed by atoms with van der Waals surface area (Å²) in [5, 5.41) is 0. The van der Waals surface area contributed by atoms with Crippen LogP contribution in [0, 0.1) is 0 Å². The standard InChI is InChI=1S/C12H25N3O3S2/c1-3-20(17,18)14-10-4-7-15(8-5-10)12(16)11(13)6-9-19-2/h10-11,14H,3-9,13H2,1-2H3/t11-/m1/s1. The molecule has 0 aliphatic carbocycles. The number of nitrogens with zero attached hydrogens (tertiary/aromatic N) is 1. The van der Waals surface area contributed by atoms with Crippen molar-refractivity contribution in [2.75, 3.05) is 30.9 Å². The summed E-state index contributed by atoms with van der Waals surface area (Å²) in [6.07, 6.45) is 3.98. The molecule has 20 heavy (non-hydrogen) atoms. The number of piperidine rings is 1. The molecular formula is C12H25N3O3S2. The van der Waals surface area contributed by atoms with Gasteiger partial charge in [0.2, 0.25) is 15.9 Å². The zero-order chi connectivity index (χ0) is 15.2. The highest BCUT2D eigenvalue weighted by Gasteiger charge is 2.27. The van der Waals surface area contributed by atoms with Crippen molar-refractivity contribution in [1.82, 2.24) is 9.62 Å². The van der Waals surface area contributed by atoms with Crippen LogP contribution in [0.15, 0.2) is 0 Å². The lowest BCUT2D eigenvalue weighted by atomic mass is 10.0. The summed E-state index contributed by atoms with van der Waals surface area (Å²) in [5.41, 5.74) is 5.88. The van der Waals surface area contributed by atoms with Gasteiger partial charge in [0.05, 0.1) is 11.8 Å². The van der Waals surface area contributed by atoms with E-state index in [1.807, 2.05) is 6.26 Å². The highest BCUT2D eigenvalue weighted by atomic mass is 32.2. The molecule has 0 spiro atoms. The number of amides is 1. The van der Waals surface area contributed by atoms with Crippen molar-refractivity contribution < 1.29 is 13.2 Å². The molecule has 0 saturated carbocycles. The lowest BCUT2D eigenvalue weighted by Gasteiger charge is -2.33. The van der Waals surface area contributed by atoms with E-state index >= 15 is 0 Å². The third kappa shape index (κ3) is 5.59. The Hall–Kier alpha value is -0.310. The molecule has 6 nitrogen and oxygen atoms in total. The van der Waals surface area contributed by atoms with Gasteiger partial charge in [0.25, 0.3) is 0 Å². The average molecular weight is 323 g/mol. The van der Waals surface area contributed by atoms with E-state index in [0.717, 1.165) is 5.75 Å². The van der Waals surface area contributed by atoms with E-state index in [4.69, 9.17) is 5.73 Å². The van der Waals surface area contributed by atoms with Crippen LogP contribution in [0.3, 0.4) is 0 Å². The minimum Gasteiger partial charge on any atom is -0.341 e. The number of likely N-dealkylation sites (tertiary alicyclic amines) is 1. The molecule has 118 valence electrons. The van der Waals surface area contributed by atoms with E-state index < -0.39 is 16.1 Å². The van der Waals surface area contributed by atoms with Crippen LogP contribution in [0.1, 0.15) is 26.2 Å². The van der Waals surface area contributed by atoms with Gasteiger partial charge in [-0.1, -0.05) is 0 Å². The average Bonchev–Trinajstić information content (AvgIpc) is 2.44. The number of hydrogen-bond donors (Lipinski definition) is 2. The zero-order valence-electron chi connectivity index (χ0n) is 12.2. The Kier molecular flexibility index (Phi) is 7.28. The monoisotopic (exact) mass is 323 g/mol. The highest BCUT2D eigenvalue weighted by molar-refractivity contribution is 7.98. The lowest BCUT2D eigenvalue weighted by Crippen LogP contribution is -2.51. The number of thioether (sulfide) groups is 1. The summed E-state index contributed by atoms with van der Waals surface area (Å²) in [4.78, 5) is 13.9. The number of rotatable bonds is 7. The Morgan fingerprint density at radius 2 is 2.05 bits per heavy atom. The van der Waals surface area contributed by atoms with Crippen LogP contribution >= 0.6 is 11.8 Å². The van der Waals surface area contributed by atoms with Crippen LogP contribution in [0.4, 0.5) is 0 Å². The molecule has 1 aliphatic rings. The van der Waals surface area contributed by atoms with Crippen molar-refractivity contribution in [3.05, 3.63) is 0 Å². The maximum atomic E-state index is 12.1. The van der Waals surface area contributed by atoms with Gasteiger partial charge in [-0.25, -0.2) is 13.1 Å². The summed E-state index contributed by atoms with van der Waals surface area (Å²) in [6, 6.07) is -0.502. The number of carbonyl (C=O) groups excluding carboxylic acids is 1. The van der Waals surface area contributed by atoms with Gasteiger partial charge in [-0.3, -0.25) is 4.79 Å². The van der Waals surface area contributed by atoms with Crippen molar-refractivity contribution in [2.45, 2.75) is 38.3 Å². The Bertz CT molecular complexity index is 406. The maximum Gasteiger partial charge on any atom is 0.239 e. The third-order valence-electron chi connectivity index (χ3n) is 3.48. The molecule has 1 saturated heterocycles. The van der Waals surface area contributed by atoms with Crippen LogP contribution in [0.25, 0.3) is 0 Å². The Morgan fingerprint density at radius 3 is 2.55 bits per heavy atom. The SMILES string of the molecule is CCS(=O)(=O)NC1CCN(C(=O)[C@H](N)CCSC)CC1. The van der Waals surface area contributed by atoms with Gasteiger partial charge in [-0.2, -0.15) is 11.8 Å². The van der Waals surface area contributed by atoms with E-state index in [1.54, 1.807) is 23.6 Å². The van der Waals surface area contributed by atoms with Gasteiger partial charge in [0.1, 0.15) is 0 Å². The lowest BCUT2D eigenvalue weighted by molar-refractivity contribution is -0.133. The first-order valence-electron chi connectivity index (χ1n) is 6.93. The summed E-state index contributed by atoms with van der Waals surface area (Å²) in [7, 11) is -3.17. The van der Waals surface area contributed by atoms with E-state index in [-0.39, 0.29) is 17.7 Å². The molecule has 0 aromatic heterocycles. The van der Waals surface area contributed by atoms with Crippen molar-refractivity contribution >= 4 is 27.7 Å². The maximum absolute atomic E-state index is 12.1. The number of carbonyl (C=O) groups is 1. The largest absolute Gasteiger partial charge is 0.341 e. The summed E-state index contributed by atoms with van der Waals surface area (Å²) >= 11 is 1.68. The van der Waals surface area contributed by atoms with Crippen LogP contribution in [-0.2, 0) is 14.8 Å². The molecule has 8 heteroatoms. The minimum atomic E-state index is -3.17. The quantitative estimate of drug-likeness (QED) is 0.688. The van der Waals surface area contributed by atoms with Crippen LogP contribution in [-0.4, -0.2) is 62.2 Å². The molecule has 1 atom stereocenters. The molecule has 0 radical (unpaired) electrons. The van der Waals surface area contributed by atoms with Crippen LogP contribution in [0.2, 0.25) is 0 Å². The number of hydrogen-bond acceptors (Lipinski definition) is 5. The predicted molar refractivity (Wildman–Crippen MR) is 83.2 cm³/mol. The zero-order valence-corrected chi connectivity index (χ0v) is 13.8. The van der Waals surface area contributed by atoms with Gasteiger partial charge in [0, 0.05) is 19.1 Å². The van der Waals surface area contributed by atoms with E-state index in [0.29, 0.717) is 32.4 Å². The first kappa shape index (κ1) is 17.7. The Balaban J connectivity index is 2.40. The minimum absolute atomic E-state index is 0.0177. The van der Waals surface area contributed by atoms with Gasteiger partial charge < -0.3 is 10.6 Å². The second kappa shape index (κ2) is 8.21. The number of nitrogens with two attached hydrogens (primary N) is 1. The van der Waals surface area contributed by atoms with Crippen LogP contribution in [0.5, 0.6) is 0 Å². The molecule has 0 unspecified atom stereocenters. The van der Waals surface area contributed by atoms with Crippen LogP contribution < -0.4 is 10.5 Å². The summed E-state index contributed by atoms with van der Waals surface area (Å²) < 4.78 is 25.7. The fourth-order valence-corrected chi connectivity index (χ4v) is 3.56. The molecular weight excluding hydrogens is 298 g/mol. The van der Waals surface area contributed by atoms with Crippen molar-refractivity contribution in [3.63, 3.8) is 0 Å². The molecule has 1 aliphatic heterocycles. The molecule has 1 fully saturated rings. The van der Waals surface area contributed by atoms with E-state index in [2.05, 4.69) is 4.72 Å². The summed E-state index contributed by atoms with van der Waals surface area (Å²) in [5.74, 6) is 0.946. The molecule has 1 heterocycles. The van der Waals surface area contributed by atoms with E-state index in [1.165, 1.54) is 0 Å². The fourth-order valence-electron chi connectivity index (χ4n) is 2.16. The second-order valence-corrected chi connectivity index (χ2v) is 8.04. The predicted octanol–water partition coefficient (Wildman–Crippen LogP) is -0.00290. The summed E-state index contributed by atoms with van der Waals surface area (Å²) in [6.45, 7) is 2.76. The first-order valence-corrected chi connectivity index (χ1v) is 9.97. The molecule has 1 amide bonds. The van der Waals surface area contributed by atoms with Crippen molar-refractivity contribution in [3.8, 4) is 0 Å². The normalized spacial score (nSPS) is 19.1. The molecule has 0 bridgehead atoms. The smallest absolute Gasteiger partial charge is 0.239 e. The molecule has 1 rings (SSSR count).